The van der Waals surface area contributed by atoms with Crippen molar-refractivity contribution in [1.29, 1.82) is 0 Å². The molecule has 0 saturated heterocycles. The first-order valence-electron chi connectivity index (χ1n) is 10.2. The SMILES string of the molecule is O=C1C2=C(OC3CCCCC13)C(=O)N(Cc1ccccc1)C2c1cccc(O)c1. The molecule has 0 radical (unpaired) electrons. The Morgan fingerprint density at radius 1 is 1.00 bits per heavy atom. The molecule has 1 saturated carbocycles. The van der Waals surface area contributed by atoms with E-state index in [0.29, 0.717) is 12.1 Å². The molecular formula is C24H23NO4. The molecule has 2 heterocycles. The zero-order chi connectivity index (χ0) is 20.0. The van der Waals surface area contributed by atoms with Gasteiger partial charge in [-0.1, -0.05) is 48.9 Å². The molecule has 3 aliphatic rings. The number of phenolic OH excluding ortho intramolecular Hbond substituents is 1. The van der Waals surface area contributed by atoms with Crippen LogP contribution in [0.3, 0.4) is 0 Å². The second-order valence-electron chi connectivity index (χ2n) is 8.07. The minimum Gasteiger partial charge on any atom is -0.508 e. The highest BCUT2D eigenvalue weighted by Gasteiger charge is 2.51. The first-order valence-corrected chi connectivity index (χ1v) is 10.2. The van der Waals surface area contributed by atoms with Gasteiger partial charge in [-0.3, -0.25) is 9.59 Å². The van der Waals surface area contributed by atoms with Gasteiger partial charge >= 0.3 is 0 Å². The first-order chi connectivity index (χ1) is 14.1. The molecular weight excluding hydrogens is 366 g/mol. The number of carbonyl (C=O) groups excluding carboxylic acids is 2. The highest BCUT2D eigenvalue weighted by atomic mass is 16.5. The molecule has 29 heavy (non-hydrogen) atoms. The van der Waals surface area contributed by atoms with Crippen molar-refractivity contribution < 1.29 is 19.4 Å². The van der Waals surface area contributed by atoms with Gasteiger partial charge in [-0.15, -0.1) is 0 Å². The van der Waals surface area contributed by atoms with Gasteiger partial charge in [0.25, 0.3) is 5.91 Å². The van der Waals surface area contributed by atoms with Gasteiger partial charge in [0, 0.05) is 6.54 Å². The number of amides is 1. The quantitative estimate of drug-likeness (QED) is 0.865. The lowest BCUT2D eigenvalue weighted by molar-refractivity contribution is -0.135. The van der Waals surface area contributed by atoms with E-state index < -0.39 is 6.04 Å². The van der Waals surface area contributed by atoms with Gasteiger partial charge in [-0.05, 0) is 42.5 Å². The summed E-state index contributed by atoms with van der Waals surface area (Å²) in [4.78, 5) is 28.5. The maximum Gasteiger partial charge on any atom is 0.290 e. The molecule has 2 aromatic rings. The number of Topliss-reactive ketones (excluding diaryl/α,β-unsaturated/α-hetero) is 1. The number of nitrogens with zero attached hydrogens (tertiary/aromatic N) is 1. The van der Waals surface area contributed by atoms with Gasteiger partial charge in [-0.25, -0.2) is 0 Å². The van der Waals surface area contributed by atoms with Crippen LogP contribution in [-0.2, 0) is 20.9 Å². The van der Waals surface area contributed by atoms with Crippen LogP contribution in [0.2, 0.25) is 0 Å². The summed E-state index contributed by atoms with van der Waals surface area (Å²) in [7, 11) is 0. The summed E-state index contributed by atoms with van der Waals surface area (Å²) in [6, 6.07) is 16.0. The minimum absolute atomic E-state index is 0.0354. The third kappa shape index (κ3) is 3.01. The number of benzene rings is 2. The number of ether oxygens (including phenoxy) is 1. The van der Waals surface area contributed by atoms with E-state index >= 15 is 0 Å². The topological polar surface area (TPSA) is 66.8 Å². The molecule has 0 spiro atoms. The number of hydrogen-bond acceptors (Lipinski definition) is 4. The number of ketones is 1. The van der Waals surface area contributed by atoms with Gasteiger partial charge in [0.15, 0.2) is 11.5 Å². The van der Waals surface area contributed by atoms with Crippen molar-refractivity contribution in [2.45, 2.75) is 44.4 Å². The van der Waals surface area contributed by atoms with E-state index in [4.69, 9.17) is 4.74 Å². The zero-order valence-corrected chi connectivity index (χ0v) is 16.1. The van der Waals surface area contributed by atoms with Crippen molar-refractivity contribution in [3.63, 3.8) is 0 Å². The molecule has 1 amide bonds. The maximum atomic E-state index is 13.5. The highest BCUT2D eigenvalue weighted by Crippen LogP contribution is 2.47. The summed E-state index contributed by atoms with van der Waals surface area (Å²) in [6.07, 6.45) is 3.46. The Labute approximate surface area is 169 Å². The maximum absolute atomic E-state index is 13.5. The molecule has 5 heteroatoms. The van der Waals surface area contributed by atoms with Crippen molar-refractivity contribution in [2.24, 2.45) is 5.92 Å². The molecule has 3 atom stereocenters. The Balaban J connectivity index is 1.60. The normalized spacial score (nSPS) is 26.2. The van der Waals surface area contributed by atoms with Crippen LogP contribution in [0.5, 0.6) is 5.75 Å². The second kappa shape index (κ2) is 7.07. The molecule has 1 aliphatic carbocycles. The van der Waals surface area contributed by atoms with Gasteiger partial charge in [0.2, 0.25) is 0 Å². The van der Waals surface area contributed by atoms with Crippen LogP contribution >= 0.6 is 0 Å². The van der Waals surface area contributed by atoms with Gasteiger partial charge in [0.05, 0.1) is 17.5 Å². The second-order valence-corrected chi connectivity index (χ2v) is 8.07. The summed E-state index contributed by atoms with van der Waals surface area (Å²) in [6.45, 7) is 0.374. The standard InChI is InChI=1S/C24H23NO4/c26-17-10-6-9-16(13-17)21-20-22(27)18-11-4-5-12-19(18)29-23(20)24(28)25(21)14-15-7-2-1-3-8-15/h1-3,6-10,13,18-19,21,26H,4-5,11-12,14H2. The number of hydrogen-bond donors (Lipinski definition) is 1. The van der Waals surface area contributed by atoms with Gasteiger partial charge in [0.1, 0.15) is 11.9 Å². The molecule has 0 bridgehead atoms. The van der Waals surface area contributed by atoms with Gasteiger partial charge in [-0.2, -0.15) is 0 Å². The van der Waals surface area contributed by atoms with Crippen molar-refractivity contribution in [1.82, 2.24) is 4.90 Å². The molecule has 3 unspecified atom stereocenters. The predicted octanol–water partition coefficient (Wildman–Crippen LogP) is 3.89. The van der Waals surface area contributed by atoms with E-state index in [2.05, 4.69) is 0 Å². The van der Waals surface area contributed by atoms with E-state index in [0.717, 1.165) is 36.8 Å². The lowest BCUT2D eigenvalue weighted by Crippen LogP contribution is -2.39. The summed E-state index contributed by atoms with van der Waals surface area (Å²) in [5, 5.41) is 10.0. The summed E-state index contributed by atoms with van der Waals surface area (Å²) >= 11 is 0. The molecule has 2 aromatic carbocycles. The lowest BCUT2D eigenvalue weighted by Gasteiger charge is -2.35. The third-order valence-electron chi connectivity index (χ3n) is 6.24. The van der Waals surface area contributed by atoms with E-state index in [9.17, 15) is 14.7 Å². The van der Waals surface area contributed by atoms with Crippen LogP contribution in [0.4, 0.5) is 0 Å². The van der Waals surface area contributed by atoms with Crippen LogP contribution < -0.4 is 0 Å². The largest absolute Gasteiger partial charge is 0.508 e. The first kappa shape index (κ1) is 18.0. The molecule has 1 fully saturated rings. The Morgan fingerprint density at radius 2 is 1.79 bits per heavy atom. The Hall–Kier alpha value is -3.08. The fourth-order valence-electron chi connectivity index (χ4n) is 4.88. The molecule has 5 rings (SSSR count). The third-order valence-corrected chi connectivity index (χ3v) is 6.24. The number of fused-ring (bicyclic) bond motifs is 1. The average Bonchev–Trinajstić information content (AvgIpc) is 3.01. The van der Waals surface area contributed by atoms with Gasteiger partial charge < -0.3 is 14.7 Å². The molecule has 148 valence electrons. The number of rotatable bonds is 3. The predicted molar refractivity (Wildman–Crippen MR) is 107 cm³/mol. The molecule has 2 aliphatic heterocycles. The van der Waals surface area contributed by atoms with Crippen LogP contribution in [-0.4, -0.2) is 27.8 Å². The smallest absolute Gasteiger partial charge is 0.290 e. The van der Waals surface area contributed by atoms with Crippen molar-refractivity contribution >= 4 is 11.7 Å². The fraction of sp³-hybridized carbons (Fsp3) is 0.333. The summed E-state index contributed by atoms with van der Waals surface area (Å²) in [5.74, 6) is -0.0552. The fourth-order valence-corrected chi connectivity index (χ4v) is 4.88. The lowest BCUT2D eigenvalue weighted by atomic mass is 9.77. The average molecular weight is 389 g/mol. The molecule has 5 nitrogen and oxygen atoms in total. The van der Waals surface area contributed by atoms with Crippen LogP contribution in [0, 0.1) is 5.92 Å². The number of phenols is 1. The summed E-state index contributed by atoms with van der Waals surface area (Å²) < 4.78 is 6.15. The van der Waals surface area contributed by atoms with Crippen molar-refractivity contribution in [3.05, 3.63) is 77.1 Å². The molecule has 1 N–H and O–H groups in total. The van der Waals surface area contributed by atoms with E-state index in [1.54, 1.807) is 23.1 Å². The van der Waals surface area contributed by atoms with Crippen LogP contribution in [0.25, 0.3) is 0 Å². The van der Waals surface area contributed by atoms with Crippen LogP contribution in [0.1, 0.15) is 42.9 Å². The summed E-state index contributed by atoms with van der Waals surface area (Å²) in [5.41, 5.74) is 2.17. The van der Waals surface area contributed by atoms with E-state index in [1.165, 1.54) is 0 Å². The van der Waals surface area contributed by atoms with E-state index in [-0.39, 0.29) is 35.2 Å². The number of carbonyl (C=O) groups is 2. The Morgan fingerprint density at radius 3 is 2.59 bits per heavy atom. The Kier molecular flexibility index (Phi) is 4.38. The Bertz CT molecular complexity index is 997. The van der Waals surface area contributed by atoms with Crippen molar-refractivity contribution in [2.75, 3.05) is 0 Å². The molecule has 0 aromatic heterocycles. The van der Waals surface area contributed by atoms with Crippen LogP contribution in [0.15, 0.2) is 65.9 Å². The van der Waals surface area contributed by atoms with Crippen molar-refractivity contribution in [3.8, 4) is 5.75 Å². The highest BCUT2D eigenvalue weighted by molar-refractivity contribution is 6.11. The number of aromatic hydroxyl groups is 1. The van der Waals surface area contributed by atoms with E-state index in [1.807, 2.05) is 36.4 Å². The minimum atomic E-state index is -0.541. The monoisotopic (exact) mass is 389 g/mol. The zero-order valence-electron chi connectivity index (χ0n) is 16.1.